The van der Waals surface area contributed by atoms with Crippen LogP contribution in [0.4, 0.5) is 17.1 Å². The molecule has 3 aromatic rings. The second-order valence-electron chi connectivity index (χ2n) is 9.55. The predicted octanol–water partition coefficient (Wildman–Crippen LogP) is 5.09. The summed E-state index contributed by atoms with van der Waals surface area (Å²) in [5.41, 5.74) is 2.42. The van der Waals surface area contributed by atoms with Crippen molar-refractivity contribution in [3.63, 3.8) is 0 Å². The van der Waals surface area contributed by atoms with Crippen LogP contribution in [-0.2, 0) is 16.6 Å². The van der Waals surface area contributed by atoms with Gasteiger partial charge in [0.1, 0.15) is 0 Å². The first-order chi connectivity index (χ1) is 18.2. The molecule has 198 valence electrons. The zero-order chi connectivity index (χ0) is 27.0. The zero-order valence-electron chi connectivity index (χ0n) is 20.8. The van der Waals surface area contributed by atoms with Crippen molar-refractivity contribution < 1.29 is 18.1 Å². The Labute approximate surface area is 226 Å². The molecule has 9 nitrogen and oxygen atoms in total. The molecule has 2 aliphatic rings. The summed E-state index contributed by atoms with van der Waals surface area (Å²) in [5, 5.41) is 11.4. The van der Waals surface area contributed by atoms with Crippen molar-refractivity contribution in [2.45, 2.75) is 37.2 Å². The van der Waals surface area contributed by atoms with Gasteiger partial charge < -0.3 is 9.80 Å². The lowest BCUT2D eigenvalue weighted by Gasteiger charge is -2.29. The average Bonchev–Trinajstić information content (AvgIpc) is 3.40. The third kappa shape index (κ3) is 4.87. The lowest BCUT2D eigenvalue weighted by atomic mass is 10.1. The van der Waals surface area contributed by atoms with Crippen LogP contribution in [0, 0.1) is 10.1 Å². The minimum Gasteiger partial charge on any atom is -0.371 e. The minimum absolute atomic E-state index is 0.0437. The van der Waals surface area contributed by atoms with Gasteiger partial charge >= 0.3 is 0 Å². The summed E-state index contributed by atoms with van der Waals surface area (Å²) < 4.78 is 28.6. The van der Waals surface area contributed by atoms with Crippen molar-refractivity contribution >= 4 is 44.6 Å². The summed E-state index contributed by atoms with van der Waals surface area (Å²) in [6, 6.07) is 16.9. The second kappa shape index (κ2) is 10.4. The molecule has 0 radical (unpaired) electrons. The number of para-hydroxylation sites is 1. The van der Waals surface area contributed by atoms with Gasteiger partial charge in [0, 0.05) is 55.7 Å². The largest absolute Gasteiger partial charge is 0.371 e. The highest BCUT2D eigenvalue weighted by Crippen LogP contribution is 2.34. The summed E-state index contributed by atoms with van der Waals surface area (Å²) in [6.45, 7) is 3.81. The van der Waals surface area contributed by atoms with Crippen molar-refractivity contribution in [1.29, 1.82) is 0 Å². The van der Waals surface area contributed by atoms with E-state index in [2.05, 4.69) is 4.90 Å². The smallest absolute Gasteiger partial charge is 0.269 e. The van der Waals surface area contributed by atoms with Gasteiger partial charge in [-0.15, -0.1) is 0 Å². The number of amides is 1. The first-order valence-corrected chi connectivity index (χ1v) is 14.2. The van der Waals surface area contributed by atoms with Gasteiger partial charge in [0.15, 0.2) is 0 Å². The maximum Gasteiger partial charge on any atom is 0.269 e. The van der Waals surface area contributed by atoms with Gasteiger partial charge in [0.05, 0.1) is 20.4 Å². The fourth-order valence-electron chi connectivity index (χ4n) is 5.07. The van der Waals surface area contributed by atoms with Crippen molar-refractivity contribution in [3.05, 3.63) is 93.0 Å². The maximum absolute atomic E-state index is 13.8. The average molecular weight is 555 g/mol. The number of non-ortho nitro benzene ring substituents is 1. The molecule has 1 saturated heterocycles. The number of hydrogen-bond donors (Lipinski definition) is 0. The molecule has 2 aliphatic heterocycles. The molecule has 1 amide bonds. The van der Waals surface area contributed by atoms with Crippen LogP contribution >= 0.6 is 11.6 Å². The van der Waals surface area contributed by atoms with Gasteiger partial charge in [0.25, 0.3) is 11.6 Å². The standard InChI is InChI=1S/C27H27ClN4O5S/c1-19-17-30(27(33)24-13-10-22(16-25(24)28)29-14-4-5-15-29)26-7-3-2-6-20(26)18-31(19)38(36,37)23-11-8-21(9-12-23)32(34)35/h2-3,6-13,16,19H,4-5,14-15,17-18H2,1H3. The van der Waals surface area contributed by atoms with Gasteiger partial charge in [-0.1, -0.05) is 29.8 Å². The number of benzene rings is 3. The molecule has 0 saturated carbocycles. The number of carbonyl (C=O) groups excluding carboxylic acids is 1. The number of anilines is 2. The molecule has 0 aliphatic carbocycles. The van der Waals surface area contributed by atoms with E-state index in [9.17, 15) is 23.3 Å². The molecule has 1 fully saturated rings. The van der Waals surface area contributed by atoms with Crippen LogP contribution in [0.3, 0.4) is 0 Å². The van der Waals surface area contributed by atoms with Crippen LogP contribution in [0.1, 0.15) is 35.7 Å². The summed E-state index contributed by atoms with van der Waals surface area (Å²) in [4.78, 5) is 28.1. The highest BCUT2D eigenvalue weighted by Gasteiger charge is 2.36. The first kappa shape index (κ1) is 26.1. The van der Waals surface area contributed by atoms with Crippen molar-refractivity contribution in [3.8, 4) is 0 Å². The zero-order valence-corrected chi connectivity index (χ0v) is 22.4. The normalized spacial score (nSPS) is 18.2. The van der Waals surface area contributed by atoms with Crippen molar-refractivity contribution in [1.82, 2.24) is 4.31 Å². The number of hydrogen-bond acceptors (Lipinski definition) is 6. The van der Waals surface area contributed by atoms with Crippen LogP contribution in [-0.4, -0.2) is 49.2 Å². The molecule has 3 aromatic carbocycles. The number of carbonyl (C=O) groups is 1. The molecular formula is C27H27ClN4O5S. The molecule has 38 heavy (non-hydrogen) atoms. The molecule has 2 heterocycles. The van der Waals surface area contributed by atoms with Crippen LogP contribution in [0.25, 0.3) is 0 Å². The molecule has 5 rings (SSSR count). The lowest BCUT2D eigenvalue weighted by molar-refractivity contribution is -0.384. The summed E-state index contributed by atoms with van der Waals surface area (Å²) in [5.74, 6) is -0.308. The number of halogens is 1. The minimum atomic E-state index is -4.02. The third-order valence-corrected chi connectivity index (χ3v) is 9.39. The van der Waals surface area contributed by atoms with E-state index in [0.29, 0.717) is 21.8 Å². The summed E-state index contributed by atoms with van der Waals surface area (Å²) in [6.07, 6.45) is 2.25. The monoisotopic (exact) mass is 554 g/mol. The second-order valence-corrected chi connectivity index (χ2v) is 11.9. The van der Waals surface area contributed by atoms with Crippen LogP contribution in [0.2, 0.25) is 5.02 Å². The Hall–Kier alpha value is -3.47. The Morgan fingerprint density at radius 1 is 1.03 bits per heavy atom. The molecule has 11 heteroatoms. The Balaban J connectivity index is 1.48. The Morgan fingerprint density at radius 2 is 1.71 bits per heavy atom. The van der Waals surface area contributed by atoms with E-state index < -0.39 is 21.0 Å². The molecule has 0 spiro atoms. The highest BCUT2D eigenvalue weighted by atomic mass is 35.5. The topological polar surface area (TPSA) is 104 Å². The number of nitro benzene ring substituents is 1. The SMILES string of the molecule is CC1CN(C(=O)c2ccc(N3CCCC3)cc2Cl)c2ccccc2CN1S(=O)(=O)c1ccc([N+](=O)[O-])cc1. The van der Waals surface area contributed by atoms with Gasteiger partial charge in [-0.05, 0) is 61.7 Å². The van der Waals surface area contributed by atoms with E-state index in [0.717, 1.165) is 31.6 Å². The molecule has 1 unspecified atom stereocenters. The number of fused-ring (bicyclic) bond motifs is 1. The Morgan fingerprint density at radius 3 is 2.37 bits per heavy atom. The van der Waals surface area contributed by atoms with E-state index in [1.807, 2.05) is 18.2 Å². The third-order valence-electron chi connectivity index (χ3n) is 7.10. The van der Waals surface area contributed by atoms with E-state index in [-0.39, 0.29) is 29.6 Å². The summed E-state index contributed by atoms with van der Waals surface area (Å²) in [7, 11) is -4.02. The van der Waals surface area contributed by atoms with Crippen LogP contribution < -0.4 is 9.80 Å². The van der Waals surface area contributed by atoms with E-state index in [4.69, 9.17) is 11.6 Å². The van der Waals surface area contributed by atoms with Gasteiger partial charge in [-0.3, -0.25) is 14.9 Å². The lowest BCUT2D eigenvalue weighted by Crippen LogP contribution is -2.44. The molecule has 0 N–H and O–H groups in total. The Kier molecular flexibility index (Phi) is 7.13. The highest BCUT2D eigenvalue weighted by molar-refractivity contribution is 7.89. The molecule has 0 aromatic heterocycles. The first-order valence-electron chi connectivity index (χ1n) is 12.4. The van der Waals surface area contributed by atoms with E-state index >= 15 is 0 Å². The number of sulfonamides is 1. The van der Waals surface area contributed by atoms with E-state index in [1.165, 1.54) is 28.6 Å². The number of nitrogens with zero attached hydrogens (tertiary/aromatic N) is 4. The fourth-order valence-corrected chi connectivity index (χ4v) is 6.93. The van der Waals surface area contributed by atoms with Gasteiger partial charge in [-0.2, -0.15) is 4.31 Å². The van der Waals surface area contributed by atoms with Crippen molar-refractivity contribution in [2.24, 2.45) is 0 Å². The number of rotatable bonds is 5. The van der Waals surface area contributed by atoms with E-state index in [1.54, 1.807) is 36.1 Å². The molecule has 1 atom stereocenters. The molecule has 0 bridgehead atoms. The number of nitro groups is 1. The summed E-state index contributed by atoms with van der Waals surface area (Å²) >= 11 is 6.61. The molecular weight excluding hydrogens is 528 g/mol. The van der Waals surface area contributed by atoms with Crippen LogP contribution in [0.5, 0.6) is 0 Å². The van der Waals surface area contributed by atoms with Gasteiger partial charge in [0.2, 0.25) is 10.0 Å². The van der Waals surface area contributed by atoms with Crippen molar-refractivity contribution in [2.75, 3.05) is 29.4 Å². The quantitative estimate of drug-likeness (QED) is 0.321. The predicted molar refractivity (Wildman–Crippen MR) is 146 cm³/mol. The van der Waals surface area contributed by atoms with Gasteiger partial charge in [-0.25, -0.2) is 8.42 Å². The Bertz CT molecular complexity index is 1490. The fraction of sp³-hybridized carbons (Fsp3) is 0.296. The van der Waals surface area contributed by atoms with Crippen LogP contribution in [0.15, 0.2) is 71.6 Å². The maximum atomic E-state index is 13.8.